The van der Waals surface area contributed by atoms with Crippen molar-refractivity contribution in [2.45, 2.75) is 44.9 Å². The number of fused-ring (bicyclic) bond motifs is 1. The van der Waals surface area contributed by atoms with Gasteiger partial charge in [0.2, 0.25) is 11.2 Å². The molecule has 1 aromatic heterocycles. The van der Waals surface area contributed by atoms with Gasteiger partial charge in [0, 0.05) is 30.8 Å². The fraction of sp³-hybridized carbons (Fsp3) is 0.429. The third-order valence-corrected chi connectivity index (χ3v) is 6.12. The summed E-state index contributed by atoms with van der Waals surface area (Å²) in [6.07, 6.45) is -2.14. The van der Waals surface area contributed by atoms with Gasteiger partial charge < -0.3 is 16.0 Å². The van der Waals surface area contributed by atoms with Crippen LogP contribution in [0.3, 0.4) is 0 Å². The van der Waals surface area contributed by atoms with E-state index in [1.807, 2.05) is 0 Å². The van der Waals surface area contributed by atoms with Crippen molar-refractivity contribution in [1.82, 2.24) is 14.9 Å². The first-order valence-corrected chi connectivity index (χ1v) is 10.5. The number of rotatable bonds is 4. The van der Waals surface area contributed by atoms with E-state index in [-0.39, 0.29) is 30.0 Å². The molecule has 4 rings (SSSR count). The van der Waals surface area contributed by atoms with E-state index in [9.17, 15) is 23.2 Å². The van der Waals surface area contributed by atoms with Crippen molar-refractivity contribution in [1.29, 1.82) is 5.26 Å². The maximum Gasteiger partial charge on any atom is 0.416 e. The standard InChI is InChI=1S/C21H20ClF3N6O/c22-19-29-16-2-5-31(18(32)20(11-26)3-1-4-20)10-15(16)17(30-19)28-9-12-6-13(21(23,24)25)8-14(27)7-12/h6-8H,1-5,9-10,27H2,(H,28,29,30). The topological polar surface area (TPSA) is 108 Å². The zero-order valence-electron chi connectivity index (χ0n) is 17.0. The van der Waals surface area contributed by atoms with Gasteiger partial charge in [-0.2, -0.15) is 18.4 Å². The van der Waals surface area contributed by atoms with Crippen molar-refractivity contribution in [2.24, 2.45) is 5.41 Å². The minimum absolute atomic E-state index is 0.00144. The number of carbonyl (C=O) groups excluding carboxylic acids is 1. The minimum atomic E-state index is -4.51. The molecule has 0 radical (unpaired) electrons. The van der Waals surface area contributed by atoms with Crippen LogP contribution in [-0.2, 0) is 30.5 Å². The van der Waals surface area contributed by atoms with E-state index in [0.29, 0.717) is 48.4 Å². The van der Waals surface area contributed by atoms with Crippen LogP contribution in [0.4, 0.5) is 24.7 Å². The van der Waals surface area contributed by atoms with Gasteiger partial charge in [0.15, 0.2) is 0 Å². The summed E-state index contributed by atoms with van der Waals surface area (Å²) in [5.74, 6) is 0.136. The van der Waals surface area contributed by atoms with Crippen LogP contribution in [-0.4, -0.2) is 27.3 Å². The van der Waals surface area contributed by atoms with Crippen LogP contribution < -0.4 is 11.1 Å². The number of carbonyl (C=O) groups is 1. The molecule has 32 heavy (non-hydrogen) atoms. The Morgan fingerprint density at radius 1 is 1.31 bits per heavy atom. The number of alkyl halides is 3. The van der Waals surface area contributed by atoms with Crippen molar-refractivity contribution in [3.63, 3.8) is 0 Å². The van der Waals surface area contributed by atoms with E-state index in [2.05, 4.69) is 21.4 Å². The van der Waals surface area contributed by atoms with Crippen molar-refractivity contribution in [3.8, 4) is 6.07 Å². The van der Waals surface area contributed by atoms with E-state index < -0.39 is 17.2 Å². The van der Waals surface area contributed by atoms with Crippen molar-refractivity contribution in [2.75, 3.05) is 17.6 Å². The van der Waals surface area contributed by atoms with E-state index in [4.69, 9.17) is 17.3 Å². The number of nitrogens with two attached hydrogens (primary N) is 1. The second-order valence-electron chi connectivity index (χ2n) is 8.11. The third-order valence-electron chi connectivity index (χ3n) is 5.95. The Kier molecular flexibility index (Phi) is 5.63. The molecule has 7 nitrogen and oxygen atoms in total. The average Bonchev–Trinajstić information content (AvgIpc) is 2.70. The third kappa shape index (κ3) is 4.17. The number of amides is 1. The van der Waals surface area contributed by atoms with Crippen molar-refractivity contribution < 1.29 is 18.0 Å². The number of anilines is 2. The summed E-state index contributed by atoms with van der Waals surface area (Å²) in [7, 11) is 0. The Labute approximate surface area is 187 Å². The van der Waals surface area contributed by atoms with Gasteiger partial charge in [0.25, 0.3) is 0 Å². The molecule has 0 bridgehead atoms. The second kappa shape index (κ2) is 8.13. The monoisotopic (exact) mass is 464 g/mol. The molecular weight excluding hydrogens is 445 g/mol. The molecule has 0 saturated heterocycles. The maximum absolute atomic E-state index is 13.1. The summed E-state index contributed by atoms with van der Waals surface area (Å²) < 4.78 is 39.3. The van der Waals surface area contributed by atoms with Gasteiger partial charge in [0.05, 0.1) is 23.9 Å². The number of aromatic nitrogens is 2. The zero-order valence-corrected chi connectivity index (χ0v) is 17.7. The highest BCUT2D eigenvalue weighted by Gasteiger charge is 2.47. The Morgan fingerprint density at radius 3 is 2.69 bits per heavy atom. The van der Waals surface area contributed by atoms with Crippen LogP contribution in [0.25, 0.3) is 0 Å². The molecule has 0 unspecified atom stereocenters. The lowest BCUT2D eigenvalue weighted by molar-refractivity contribution is -0.144. The van der Waals surface area contributed by atoms with E-state index >= 15 is 0 Å². The highest BCUT2D eigenvalue weighted by molar-refractivity contribution is 6.28. The molecule has 0 atom stereocenters. The quantitative estimate of drug-likeness (QED) is 0.524. The molecule has 2 aliphatic rings. The minimum Gasteiger partial charge on any atom is -0.399 e. The normalized spacial score (nSPS) is 17.2. The highest BCUT2D eigenvalue weighted by atomic mass is 35.5. The van der Waals surface area contributed by atoms with Gasteiger partial charge in [-0.05, 0) is 54.6 Å². The van der Waals surface area contributed by atoms with Crippen LogP contribution in [0.15, 0.2) is 18.2 Å². The fourth-order valence-electron chi connectivity index (χ4n) is 4.08. The summed E-state index contributed by atoms with van der Waals surface area (Å²) in [6, 6.07) is 5.50. The fourth-order valence-corrected chi connectivity index (χ4v) is 4.27. The zero-order chi connectivity index (χ0) is 23.1. The molecule has 1 fully saturated rings. The Morgan fingerprint density at radius 2 is 2.06 bits per heavy atom. The molecule has 3 N–H and O–H groups in total. The summed E-state index contributed by atoms with van der Waals surface area (Å²) in [4.78, 5) is 23.0. The van der Waals surface area contributed by atoms with Gasteiger partial charge in [-0.3, -0.25) is 4.79 Å². The van der Waals surface area contributed by atoms with Crippen LogP contribution in [0.2, 0.25) is 5.28 Å². The first-order valence-electron chi connectivity index (χ1n) is 10.1. The Bertz CT molecular complexity index is 1110. The van der Waals surface area contributed by atoms with Crippen molar-refractivity contribution in [3.05, 3.63) is 45.9 Å². The first-order chi connectivity index (χ1) is 15.1. The Balaban J connectivity index is 1.57. The van der Waals surface area contributed by atoms with Crippen LogP contribution in [0.1, 0.15) is 41.6 Å². The van der Waals surface area contributed by atoms with Gasteiger partial charge >= 0.3 is 6.18 Å². The summed E-state index contributed by atoms with van der Waals surface area (Å²) >= 11 is 6.04. The van der Waals surface area contributed by atoms with Gasteiger partial charge in [-0.15, -0.1) is 0 Å². The number of nitrogens with zero attached hydrogens (tertiary/aromatic N) is 4. The Hall–Kier alpha value is -3.06. The summed E-state index contributed by atoms with van der Waals surface area (Å²) in [5, 5.41) is 12.5. The lowest BCUT2D eigenvalue weighted by Crippen LogP contribution is -2.49. The van der Waals surface area contributed by atoms with Crippen LogP contribution in [0, 0.1) is 16.7 Å². The molecule has 1 saturated carbocycles. The van der Waals surface area contributed by atoms with Crippen LogP contribution >= 0.6 is 11.6 Å². The molecule has 2 aromatic rings. The number of halogens is 4. The van der Waals surface area contributed by atoms with E-state index in [1.165, 1.54) is 6.07 Å². The number of benzene rings is 1. The van der Waals surface area contributed by atoms with Crippen LogP contribution in [0.5, 0.6) is 0 Å². The first kappa shape index (κ1) is 22.1. The van der Waals surface area contributed by atoms with E-state index in [1.54, 1.807) is 4.90 Å². The molecule has 2 heterocycles. The second-order valence-corrected chi connectivity index (χ2v) is 8.44. The lowest BCUT2D eigenvalue weighted by Gasteiger charge is -2.39. The molecule has 1 aliphatic heterocycles. The number of nitrogen functional groups attached to an aromatic ring is 1. The predicted octanol–water partition coefficient (Wildman–Crippen LogP) is 3.92. The van der Waals surface area contributed by atoms with Gasteiger partial charge in [0.1, 0.15) is 11.2 Å². The highest BCUT2D eigenvalue weighted by Crippen LogP contribution is 2.43. The molecule has 1 amide bonds. The van der Waals surface area contributed by atoms with Crippen molar-refractivity contribution >= 4 is 29.0 Å². The van der Waals surface area contributed by atoms with E-state index in [0.717, 1.165) is 18.6 Å². The van der Waals surface area contributed by atoms with Gasteiger partial charge in [-0.1, -0.05) is 0 Å². The SMILES string of the molecule is N#CC1(C(=O)N2CCc3nc(Cl)nc(NCc4cc(N)cc(C(F)(F)F)c4)c3C2)CCC1. The average molecular weight is 465 g/mol. The number of nitrogens with one attached hydrogen (secondary N) is 1. The number of nitriles is 1. The summed E-state index contributed by atoms with van der Waals surface area (Å²) in [6.45, 7) is 0.623. The molecule has 0 spiro atoms. The molecule has 168 valence electrons. The molecule has 11 heteroatoms. The summed E-state index contributed by atoms with van der Waals surface area (Å²) in [5.41, 5.74) is 5.46. The molecular formula is C21H20ClF3N6O. The lowest BCUT2D eigenvalue weighted by atomic mass is 9.69. The smallest absolute Gasteiger partial charge is 0.399 e. The predicted molar refractivity (Wildman–Crippen MR) is 111 cm³/mol. The molecule has 1 aliphatic carbocycles. The largest absolute Gasteiger partial charge is 0.416 e. The van der Waals surface area contributed by atoms with Gasteiger partial charge in [-0.25, -0.2) is 9.97 Å². The molecule has 1 aromatic carbocycles. The number of hydrogen-bond donors (Lipinski definition) is 2. The number of hydrogen-bond acceptors (Lipinski definition) is 6. The maximum atomic E-state index is 13.1.